The van der Waals surface area contributed by atoms with E-state index in [0.29, 0.717) is 4.88 Å². The number of thiazole rings is 1. The lowest BCUT2D eigenvalue weighted by atomic mass is 9.84. The SMILES string of the molecule is COC(=O)c1cnc(N2CCC3(CC2)OCCc2cn[nH]c23)s1. The Morgan fingerprint density at radius 2 is 2.26 bits per heavy atom. The highest BCUT2D eigenvalue weighted by molar-refractivity contribution is 7.17. The van der Waals surface area contributed by atoms with Crippen LogP contribution < -0.4 is 4.90 Å². The maximum atomic E-state index is 11.6. The van der Waals surface area contributed by atoms with E-state index in [1.165, 1.54) is 24.0 Å². The minimum Gasteiger partial charge on any atom is -0.465 e. The Bertz CT molecular complexity index is 718. The fourth-order valence-corrected chi connectivity index (χ4v) is 4.27. The molecule has 7 nitrogen and oxygen atoms in total. The molecule has 0 amide bonds. The highest BCUT2D eigenvalue weighted by Gasteiger charge is 2.42. The highest BCUT2D eigenvalue weighted by Crippen LogP contribution is 2.41. The lowest BCUT2D eigenvalue weighted by molar-refractivity contribution is -0.0795. The molecular weight excluding hydrogens is 316 g/mol. The van der Waals surface area contributed by atoms with E-state index in [9.17, 15) is 4.79 Å². The summed E-state index contributed by atoms with van der Waals surface area (Å²) in [6, 6.07) is 0. The lowest BCUT2D eigenvalue weighted by Gasteiger charge is -2.43. The molecule has 2 aromatic heterocycles. The summed E-state index contributed by atoms with van der Waals surface area (Å²) in [5.74, 6) is -0.333. The molecule has 2 aromatic rings. The summed E-state index contributed by atoms with van der Waals surface area (Å²) in [5.41, 5.74) is 2.16. The molecule has 1 spiro atoms. The maximum Gasteiger partial charge on any atom is 0.349 e. The van der Waals surface area contributed by atoms with Gasteiger partial charge >= 0.3 is 5.97 Å². The Labute approximate surface area is 137 Å². The third kappa shape index (κ3) is 2.42. The van der Waals surface area contributed by atoms with E-state index in [1.807, 2.05) is 6.20 Å². The summed E-state index contributed by atoms with van der Waals surface area (Å²) in [5, 5.41) is 8.18. The van der Waals surface area contributed by atoms with E-state index in [2.05, 4.69) is 20.1 Å². The Balaban J connectivity index is 1.50. The van der Waals surface area contributed by atoms with Gasteiger partial charge in [0.25, 0.3) is 0 Å². The third-order valence-corrected chi connectivity index (χ3v) is 5.68. The average molecular weight is 334 g/mol. The molecule has 0 unspecified atom stereocenters. The number of ether oxygens (including phenoxy) is 2. The van der Waals surface area contributed by atoms with Crippen molar-refractivity contribution in [2.24, 2.45) is 0 Å². The molecule has 1 N–H and O–H groups in total. The van der Waals surface area contributed by atoms with Gasteiger partial charge in [-0.2, -0.15) is 5.10 Å². The van der Waals surface area contributed by atoms with E-state index in [0.717, 1.165) is 49.8 Å². The molecule has 1 saturated heterocycles. The number of methoxy groups -OCH3 is 1. The number of fused-ring (bicyclic) bond motifs is 2. The normalized spacial score (nSPS) is 19.6. The van der Waals surface area contributed by atoms with Gasteiger partial charge < -0.3 is 14.4 Å². The van der Waals surface area contributed by atoms with Crippen molar-refractivity contribution in [2.45, 2.75) is 24.9 Å². The predicted molar refractivity (Wildman–Crippen MR) is 84.8 cm³/mol. The van der Waals surface area contributed by atoms with Crippen LogP contribution >= 0.6 is 11.3 Å². The highest BCUT2D eigenvalue weighted by atomic mass is 32.1. The van der Waals surface area contributed by atoms with Crippen molar-refractivity contribution >= 4 is 22.4 Å². The number of anilines is 1. The first-order valence-corrected chi connectivity index (χ1v) is 8.49. The summed E-state index contributed by atoms with van der Waals surface area (Å²) >= 11 is 1.37. The molecule has 122 valence electrons. The minimum absolute atomic E-state index is 0.247. The largest absolute Gasteiger partial charge is 0.465 e. The van der Waals surface area contributed by atoms with Crippen LogP contribution in [0.4, 0.5) is 5.13 Å². The molecule has 2 aliphatic rings. The molecule has 0 saturated carbocycles. The van der Waals surface area contributed by atoms with Crippen LogP contribution in [0.15, 0.2) is 12.4 Å². The quantitative estimate of drug-likeness (QED) is 0.843. The second kappa shape index (κ2) is 5.61. The summed E-state index contributed by atoms with van der Waals surface area (Å²) in [4.78, 5) is 18.7. The van der Waals surface area contributed by atoms with Gasteiger partial charge in [-0.3, -0.25) is 5.10 Å². The molecule has 0 aliphatic carbocycles. The van der Waals surface area contributed by atoms with Crippen molar-refractivity contribution in [2.75, 3.05) is 31.7 Å². The molecular formula is C15H18N4O3S. The van der Waals surface area contributed by atoms with E-state index in [4.69, 9.17) is 9.47 Å². The van der Waals surface area contributed by atoms with E-state index in [1.54, 1.807) is 6.20 Å². The van der Waals surface area contributed by atoms with Crippen molar-refractivity contribution in [3.8, 4) is 0 Å². The van der Waals surface area contributed by atoms with Crippen molar-refractivity contribution in [1.29, 1.82) is 0 Å². The minimum atomic E-state index is -0.333. The van der Waals surface area contributed by atoms with Crippen molar-refractivity contribution in [3.63, 3.8) is 0 Å². The molecule has 1 fully saturated rings. The van der Waals surface area contributed by atoms with Gasteiger partial charge in [0.05, 0.1) is 31.8 Å². The fourth-order valence-electron chi connectivity index (χ4n) is 3.38. The number of H-pyrrole nitrogens is 1. The average Bonchev–Trinajstić information content (AvgIpc) is 3.25. The topological polar surface area (TPSA) is 80.3 Å². The van der Waals surface area contributed by atoms with Crippen molar-refractivity contribution in [1.82, 2.24) is 15.2 Å². The molecule has 4 heterocycles. The van der Waals surface area contributed by atoms with Crippen LogP contribution in [0.2, 0.25) is 0 Å². The first-order chi connectivity index (χ1) is 11.2. The number of hydrogen-bond donors (Lipinski definition) is 1. The number of rotatable bonds is 2. The first-order valence-electron chi connectivity index (χ1n) is 7.68. The van der Waals surface area contributed by atoms with E-state index >= 15 is 0 Å². The fraction of sp³-hybridized carbons (Fsp3) is 0.533. The molecule has 0 atom stereocenters. The van der Waals surface area contributed by atoms with Gasteiger partial charge in [-0.1, -0.05) is 11.3 Å². The zero-order chi connectivity index (χ0) is 15.9. The molecule has 0 radical (unpaired) electrons. The Morgan fingerprint density at radius 3 is 3.04 bits per heavy atom. The number of carbonyl (C=O) groups is 1. The molecule has 2 aliphatic heterocycles. The Kier molecular flexibility index (Phi) is 3.57. The lowest BCUT2D eigenvalue weighted by Crippen LogP contribution is -2.46. The molecule has 23 heavy (non-hydrogen) atoms. The molecule has 8 heteroatoms. The zero-order valence-corrected chi connectivity index (χ0v) is 13.7. The van der Waals surface area contributed by atoms with Crippen LogP contribution in [0.5, 0.6) is 0 Å². The number of aromatic nitrogens is 3. The van der Waals surface area contributed by atoms with Gasteiger partial charge in [-0.05, 0) is 24.8 Å². The van der Waals surface area contributed by atoms with E-state index < -0.39 is 0 Å². The van der Waals surface area contributed by atoms with Crippen molar-refractivity contribution in [3.05, 3.63) is 28.5 Å². The van der Waals surface area contributed by atoms with Gasteiger partial charge in [-0.25, -0.2) is 9.78 Å². The van der Waals surface area contributed by atoms with Crippen LogP contribution in [0.1, 0.15) is 33.8 Å². The molecule has 0 aromatic carbocycles. The van der Waals surface area contributed by atoms with Gasteiger partial charge in [0, 0.05) is 13.1 Å². The summed E-state index contributed by atoms with van der Waals surface area (Å²) in [6.45, 7) is 2.43. The van der Waals surface area contributed by atoms with Gasteiger partial charge in [0.1, 0.15) is 10.5 Å². The van der Waals surface area contributed by atoms with Crippen molar-refractivity contribution < 1.29 is 14.3 Å². The number of piperidine rings is 1. The molecule has 4 rings (SSSR count). The Hall–Kier alpha value is -1.93. The zero-order valence-electron chi connectivity index (χ0n) is 12.9. The summed E-state index contributed by atoms with van der Waals surface area (Å²) in [7, 11) is 1.38. The monoisotopic (exact) mass is 334 g/mol. The number of esters is 1. The summed E-state index contributed by atoms with van der Waals surface area (Å²) in [6.07, 6.45) is 6.19. The first kappa shape index (κ1) is 14.6. The maximum absolute atomic E-state index is 11.6. The van der Waals surface area contributed by atoms with Crippen LogP contribution in [0, 0.1) is 0 Å². The molecule has 0 bridgehead atoms. The summed E-state index contributed by atoms with van der Waals surface area (Å²) < 4.78 is 10.9. The van der Waals surface area contributed by atoms with Crippen LogP contribution in [0.25, 0.3) is 0 Å². The van der Waals surface area contributed by atoms with Gasteiger partial charge in [-0.15, -0.1) is 0 Å². The van der Waals surface area contributed by atoms with Crippen LogP contribution in [-0.4, -0.2) is 48.0 Å². The second-order valence-electron chi connectivity index (χ2n) is 5.85. The number of nitrogens with zero attached hydrogens (tertiary/aromatic N) is 3. The predicted octanol–water partition coefficient (Wildman–Crippen LogP) is 1.72. The number of nitrogens with one attached hydrogen (secondary N) is 1. The number of aromatic amines is 1. The number of carbonyl (C=O) groups excluding carboxylic acids is 1. The number of hydrogen-bond acceptors (Lipinski definition) is 7. The van der Waals surface area contributed by atoms with E-state index in [-0.39, 0.29) is 11.6 Å². The second-order valence-corrected chi connectivity index (χ2v) is 6.86. The standard InChI is InChI=1S/C15H18N4O3S/c1-21-13(20)11-9-16-14(23-11)19-5-3-15(4-6-19)12-10(2-7-22-15)8-17-18-12/h8-9H,2-7H2,1H3,(H,17,18). The smallest absolute Gasteiger partial charge is 0.349 e. The van der Waals surface area contributed by atoms with Crippen LogP contribution in [0.3, 0.4) is 0 Å². The Morgan fingerprint density at radius 1 is 1.43 bits per heavy atom. The van der Waals surface area contributed by atoms with Gasteiger partial charge in [0.2, 0.25) is 0 Å². The third-order valence-electron chi connectivity index (χ3n) is 4.64. The van der Waals surface area contributed by atoms with Crippen LogP contribution in [-0.2, 0) is 21.5 Å². The van der Waals surface area contributed by atoms with Gasteiger partial charge in [0.15, 0.2) is 5.13 Å².